The van der Waals surface area contributed by atoms with Crippen molar-refractivity contribution in [3.8, 4) is 0 Å². The van der Waals surface area contributed by atoms with Crippen molar-refractivity contribution in [1.29, 1.82) is 0 Å². The number of nitrogens with one attached hydrogen (secondary N) is 1. The Kier molecular flexibility index (Phi) is 6.33. The molecule has 1 aliphatic rings. The number of rotatable bonds is 6. The molecule has 156 valence electrons. The molecule has 1 aromatic carbocycles. The smallest absolute Gasteiger partial charge is 0.251 e. The summed E-state index contributed by atoms with van der Waals surface area (Å²) in [5.41, 5.74) is 6.68. The molecule has 10 heteroatoms. The lowest BCUT2D eigenvalue weighted by molar-refractivity contribution is -0.113. The first-order valence-electron chi connectivity index (χ1n) is 9.05. The molecule has 0 fully saturated rings. The maximum absolute atomic E-state index is 12.5. The molecular formula is C19H22ClN3O4S2. The Balaban J connectivity index is 1.82. The van der Waals surface area contributed by atoms with Crippen LogP contribution in [0.25, 0.3) is 0 Å². The molecule has 29 heavy (non-hydrogen) atoms. The zero-order chi connectivity index (χ0) is 21.3. The van der Waals surface area contributed by atoms with E-state index in [9.17, 15) is 18.0 Å². The first-order valence-corrected chi connectivity index (χ1v) is 11.9. The summed E-state index contributed by atoms with van der Waals surface area (Å²) in [5, 5.41) is 3.30. The Morgan fingerprint density at radius 2 is 1.93 bits per heavy atom. The number of fused-ring (bicyclic) bond motifs is 1. The molecule has 0 unspecified atom stereocenters. The lowest BCUT2D eigenvalue weighted by atomic mass is 10.0. The van der Waals surface area contributed by atoms with Gasteiger partial charge in [-0.25, -0.2) is 8.42 Å². The van der Waals surface area contributed by atoms with E-state index in [1.807, 2.05) is 0 Å². The highest BCUT2D eigenvalue weighted by Crippen LogP contribution is 2.37. The van der Waals surface area contributed by atoms with Crippen LogP contribution in [-0.4, -0.2) is 43.5 Å². The van der Waals surface area contributed by atoms with Gasteiger partial charge >= 0.3 is 0 Å². The van der Waals surface area contributed by atoms with Crippen LogP contribution in [0.2, 0.25) is 5.02 Å². The molecule has 2 heterocycles. The second kappa shape index (κ2) is 8.43. The van der Waals surface area contributed by atoms with Crippen molar-refractivity contribution in [2.45, 2.75) is 37.8 Å². The molecule has 0 saturated carbocycles. The second-order valence-corrected chi connectivity index (χ2v) is 10.7. The Morgan fingerprint density at radius 3 is 2.52 bits per heavy atom. The minimum Gasteiger partial charge on any atom is -0.365 e. The van der Waals surface area contributed by atoms with Crippen molar-refractivity contribution in [2.75, 3.05) is 17.6 Å². The van der Waals surface area contributed by atoms with Crippen LogP contribution >= 0.6 is 22.9 Å². The van der Waals surface area contributed by atoms with E-state index in [1.54, 1.807) is 0 Å². The topological polar surface area (TPSA) is 110 Å². The summed E-state index contributed by atoms with van der Waals surface area (Å²) in [6, 6.07) is 5.95. The molecule has 0 spiro atoms. The van der Waals surface area contributed by atoms with Gasteiger partial charge in [-0.15, -0.1) is 11.3 Å². The standard InChI is InChI=1S/C19H22ClN3O4S2/c1-11(2)23-8-7-14-15(9-23)28-19(17(14)18(21)25)22-16(24)10-29(26,27)13-5-3-12(20)4-6-13/h3-6,11H,7-10H2,1-2H3,(H2,21,25)(H,22,24). The Morgan fingerprint density at radius 1 is 1.28 bits per heavy atom. The van der Waals surface area contributed by atoms with E-state index < -0.39 is 27.4 Å². The number of nitrogens with zero attached hydrogens (tertiary/aromatic N) is 1. The van der Waals surface area contributed by atoms with E-state index in [-0.39, 0.29) is 10.5 Å². The van der Waals surface area contributed by atoms with Gasteiger partial charge in [-0.3, -0.25) is 14.5 Å². The minimum atomic E-state index is -3.84. The summed E-state index contributed by atoms with van der Waals surface area (Å²) in [6.45, 7) is 5.65. The van der Waals surface area contributed by atoms with Crippen LogP contribution in [-0.2, 0) is 27.6 Å². The van der Waals surface area contributed by atoms with Gasteiger partial charge in [0.25, 0.3) is 5.91 Å². The van der Waals surface area contributed by atoms with Crippen LogP contribution in [0.3, 0.4) is 0 Å². The number of thiophene rings is 1. The number of carbonyl (C=O) groups excluding carboxylic acids is 2. The van der Waals surface area contributed by atoms with Crippen molar-refractivity contribution in [2.24, 2.45) is 5.73 Å². The second-order valence-electron chi connectivity index (χ2n) is 7.15. The predicted octanol–water partition coefficient (Wildman–Crippen LogP) is 2.68. The molecule has 0 atom stereocenters. The summed E-state index contributed by atoms with van der Waals surface area (Å²) in [4.78, 5) is 27.7. The molecule has 0 aliphatic carbocycles. The number of sulfone groups is 1. The highest BCUT2D eigenvalue weighted by atomic mass is 35.5. The van der Waals surface area contributed by atoms with E-state index in [4.69, 9.17) is 17.3 Å². The van der Waals surface area contributed by atoms with E-state index in [0.717, 1.165) is 17.0 Å². The van der Waals surface area contributed by atoms with Crippen molar-refractivity contribution in [3.63, 3.8) is 0 Å². The van der Waals surface area contributed by atoms with Crippen LogP contribution in [0.15, 0.2) is 29.2 Å². The summed E-state index contributed by atoms with van der Waals surface area (Å²) in [5.74, 6) is -2.09. The van der Waals surface area contributed by atoms with Gasteiger partial charge in [0.2, 0.25) is 5.91 Å². The zero-order valence-corrected chi connectivity index (χ0v) is 18.5. The quantitative estimate of drug-likeness (QED) is 0.695. The number of carbonyl (C=O) groups is 2. The maximum Gasteiger partial charge on any atom is 0.251 e. The van der Waals surface area contributed by atoms with Gasteiger partial charge in [-0.05, 0) is 50.1 Å². The molecule has 0 saturated heterocycles. The van der Waals surface area contributed by atoms with Crippen LogP contribution in [0.5, 0.6) is 0 Å². The fourth-order valence-corrected chi connectivity index (χ4v) is 5.83. The fraction of sp³-hybridized carbons (Fsp3) is 0.368. The maximum atomic E-state index is 12.5. The summed E-state index contributed by atoms with van der Waals surface area (Å²) >= 11 is 7.06. The van der Waals surface area contributed by atoms with Gasteiger partial charge < -0.3 is 11.1 Å². The first-order chi connectivity index (χ1) is 13.6. The van der Waals surface area contributed by atoms with Crippen molar-refractivity contribution in [3.05, 3.63) is 45.3 Å². The number of hydrogen-bond acceptors (Lipinski definition) is 6. The molecule has 7 nitrogen and oxygen atoms in total. The monoisotopic (exact) mass is 455 g/mol. The third kappa shape index (κ3) is 4.80. The Bertz CT molecular complexity index is 1050. The van der Waals surface area contributed by atoms with Crippen molar-refractivity contribution in [1.82, 2.24) is 4.90 Å². The van der Waals surface area contributed by atoms with E-state index in [0.29, 0.717) is 29.0 Å². The normalized spacial score (nSPS) is 14.6. The van der Waals surface area contributed by atoms with Crippen molar-refractivity contribution >= 4 is 49.6 Å². The van der Waals surface area contributed by atoms with Gasteiger partial charge in [0, 0.05) is 29.0 Å². The number of benzene rings is 1. The number of anilines is 1. The highest BCUT2D eigenvalue weighted by molar-refractivity contribution is 7.92. The molecule has 0 radical (unpaired) electrons. The summed E-state index contributed by atoms with van der Waals surface area (Å²) in [7, 11) is -3.84. The largest absolute Gasteiger partial charge is 0.365 e. The number of amides is 2. The average molecular weight is 456 g/mol. The molecule has 1 aliphatic heterocycles. The van der Waals surface area contributed by atoms with Gasteiger partial charge in [-0.2, -0.15) is 0 Å². The van der Waals surface area contributed by atoms with E-state index in [1.165, 1.54) is 35.6 Å². The third-order valence-electron chi connectivity index (χ3n) is 4.81. The number of primary amides is 1. The van der Waals surface area contributed by atoms with Gasteiger partial charge in [0.1, 0.15) is 10.8 Å². The number of nitrogens with two attached hydrogens (primary N) is 1. The van der Waals surface area contributed by atoms with Gasteiger partial charge in [0.15, 0.2) is 9.84 Å². The van der Waals surface area contributed by atoms with Crippen LogP contribution in [0.4, 0.5) is 5.00 Å². The first kappa shape index (κ1) is 21.8. The average Bonchev–Trinajstić information content (AvgIpc) is 2.98. The molecule has 1 aromatic heterocycles. The summed E-state index contributed by atoms with van der Waals surface area (Å²) in [6.07, 6.45) is 0.654. The molecule has 0 bridgehead atoms. The molecule has 3 rings (SSSR count). The van der Waals surface area contributed by atoms with E-state index in [2.05, 4.69) is 24.1 Å². The lowest BCUT2D eigenvalue weighted by Gasteiger charge is -2.30. The molecule has 2 amide bonds. The minimum absolute atomic E-state index is 0.00484. The van der Waals surface area contributed by atoms with Crippen LogP contribution < -0.4 is 11.1 Å². The molecule has 2 aromatic rings. The highest BCUT2D eigenvalue weighted by Gasteiger charge is 2.29. The zero-order valence-electron chi connectivity index (χ0n) is 16.1. The SMILES string of the molecule is CC(C)N1CCc2c(sc(NC(=O)CS(=O)(=O)c3ccc(Cl)cc3)c2C(N)=O)C1. The number of halogens is 1. The van der Waals surface area contributed by atoms with Gasteiger partial charge in [-0.1, -0.05) is 11.6 Å². The molecule has 3 N–H and O–H groups in total. The predicted molar refractivity (Wildman–Crippen MR) is 114 cm³/mol. The third-order valence-corrected chi connectivity index (χ3v) is 7.83. The fourth-order valence-electron chi connectivity index (χ4n) is 3.27. The van der Waals surface area contributed by atoms with Crippen LogP contribution in [0.1, 0.15) is 34.6 Å². The van der Waals surface area contributed by atoms with E-state index >= 15 is 0 Å². The van der Waals surface area contributed by atoms with Crippen molar-refractivity contribution < 1.29 is 18.0 Å². The van der Waals surface area contributed by atoms with Gasteiger partial charge in [0.05, 0.1) is 10.5 Å². The van der Waals surface area contributed by atoms with Crippen LogP contribution in [0, 0.1) is 0 Å². The lowest BCUT2D eigenvalue weighted by Crippen LogP contribution is -2.35. The Hall–Kier alpha value is -1.94. The molecular weight excluding hydrogens is 434 g/mol. The number of hydrogen-bond donors (Lipinski definition) is 2. The summed E-state index contributed by atoms with van der Waals surface area (Å²) < 4.78 is 25.0. The Labute approximate surface area is 178 Å².